The van der Waals surface area contributed by atoms with Crippen LogP contribution in [0.25, 0.3) is 72.0 Å². The summed E-state index contributed by atoms with van der Waals surface area (Å²) in [5, 5.41) is 2.58. The molecule has 1 spiro atoms. The Morgan fingerprint density at radius 3 is 1.75 bits per heavy atom. The van der Waals surface area contributed by atoms with Crippen LogP contribution in [0.4, 0.5) is 17.1 Å². The molecule has 11 aromatic rings. The summed E-state index contributed by atoms with van der Waals surface area (Å²) in [5.41, 5.74) is 21.7. The van der Waals surface area contributed by atoms with E-state index in [2.05, 4.69) is 252 Å². The van der Waals surface area contributed by atoms with Gasteiger partial charge in [0.1, 0.15) is 0 Å². The third-order valence-electron chi connectivity index (χ3n) is 13.6. The Morgan fingerprint density at radius 1 is 0.317 bits per heavy atom. The molecule has 63 heavy (non-hydrogen) atoms. The lowest BCUT2D eigenvalue weighted by Crippen LogP contribution is -2.33. The van der Waals surface area contributed by atoms with Crippen molar-refractivity contribution in [3.8, 4) is 50.2 Å². The maximum atomic E-state index is 2.51. The quantitative estimate of drug-likeness (QED) is 0.163. The Kier molecular flexibility index (Phi) is 7.85. The van der Waals surface area contributed by atoms with Crippen molar-refractivity contribution in [2.24, 2.45) is 0 Å². The van der Waals surface area contributed by atoms with Crippen LogP contribution in [0.3, 0.4) is 0 Å². The van der Waals surface area contributed by atoms with E-state index in [0.717, 1.165) is 17.1 Å². The lowest BCUT2D eigenvalue weighted by molar-refractivity contribution is 0.748. The number of aromatic nitrogens is 1. The summed E-state index contributed by atoms with van der Waals surface area (Å²) in [6.45, 7) is 0. The summed E-state index contributed by atoms with van der Waals surface area (Å²) >= 11 is 0. The summed E-state index contributed by atoms with van der Waals surface area (Å²) in [4.78, 5) is 2.41. The number of fused-ring (bicyclic) bond motifs is 12. The fraction of sp³-hybridized carbons (Fsp3) is 0.0164. The van der Waals surface area contributed by atoms with Crippen LogP contribution in [-0.2, 0) is 5.41 Å². The number of rotatable bonds is 6. The largest absolute Gasteiger partial charge is 0.310 e. The van der Waals surface area contributed by atoms with E-state index in [-0.39, 0.29) is 0 Å². The summed E-state index contributed by atoms with van der Waals surface area (Å²) < 4.78 is 2.51. The van der Waals surface area contributed by atoms with Crippen molar-refractivity contribution in [2.45, 2.75) is 5.41 Å². The summed E-state index contributed by atoms with van der Waals surface area (Å²) in [6.07, 6.45) is 0. The predicted octanol–water partition coefficient (Wildman–Crippen LogP) is 15.9. The molecule has 2 heterocycles. The number of nitrogens with zero attached hydrogens (tertiary/aromatic N) is 2. The Bertz CT molecular complexity index is 3580. The molecule has 1 aromatic heterocycles. The van der Waals surface area contributed by atoms with Crippen LogP contribution in [0, 0.1) is 0 Å². The van der Waals surface area contributed by atoms with Gasteiger partial charge in [0.05, 0.1) is 27.8 Å². The molecule has 1 aliphatic carbocycles. The van der Waals surface area contributed by atoms with Gasteiger partial charge in [-0.05, 0) is 110 Å². The van der Waals surface area contributed by atoms with Crippen LogP contribution in [0.2, 0.25) is 0 Å². The van der Waals surface area contributed by atoms with Crippen molar-refractivity contribution in [1.82, 2.24) is 4.57 Å². The Balaban J connectivity index is 0.996. The molecular weight excluding hydrogens is 761 g/mol. The zero-order valence-corrected chi connectivity index (χ0v) is 34.5. The zero-order valence-electron chi connectivity index (χ0n) is 34.5. The first-order valence-electron chi connectivity index (χ1n) is 21.9. The van der Waals surface area contributed by atoms with E-state index in [9.17, 15) is 0 Å². The third kappa shape index (κ3) is 5.13. The van der Waals surface area contributed by atoms with Crippen LogP contribution in [0.15, 0.2) is 243 Å². The lowest BCUT2D eigenvalue weighted by Gasteiger charge is -2.39. The van der Waals surface area contributed by atoms with Crippen LogP contribution >= 0.6 is 0 Å². The van der Waals surface area contributed by atoms with Crippen molar-refractivity contribution in [2.75, 3.05) is 4.90 Å². The molecule has 0 fully saturated rings. The number of benzene rings is 10. The standard InChI is InChI=1S/C61H40N2/c1-3-19-41(20-4-1)46-25-7-8-26-47(46)49-28-10-14-34-57(49)62(44-22-5-2-6-23-44)45-24-17-21-42(39-45)43-37-38-54-52(40-43)48-27-9-12-31-53(48)61(54)55-32-13-16-36-59(55)63-58-35-15-11-29-50(58)51-30-18-33-56(61)60(51)63/h1-40H. The van der Waals surface area contributed by atoms with E-state index in [1.807, 2.05) is 0 Å². The minimum Gasteiger partial charge on any atom is -0.310 e. The average molecular weight is 801 g/mol. The van der Waals surface area contributed by atoms with Gasteiger partial charge in [-0.15, -0.1) is 0 Å². The zero-order chi connectivity index (χ0) is 41.5. The van der Waals surface area contributed by atoms with Gasteiger partial charge in [0, 0.05) is 27.7 Å². The highest BCUT2D eigenvalue weighted by Gasteiger charge is 2.50. The van der Waals surface area contributed by atoms with Gasteiger partial charge in [-0.2, -0.15) is 0 Å². The van der Waals surface area contributed by atoms with E-state index in [4.69, 9.17) is 0 Å². The fourth-order valence-corrected chi connectivity index (χ4v) is 11.1. The van der Waals surface area contributed by atoms with Crippen LogP contribution in [0.5, 0.6) is 0 Å². The van der Waals surface area contributed by atoms with Gasteiger partial charge < -0.3 is 9.47 Å². The second kappa shape index (κ2) is 13.9. The molecule has 10 aromatic carbocycles. The van der Waals surface area contributed by atoms with Crippen LogP contribution < -0.4 is 4.90 Å². The molecule has 0 radical (unpaired) electrons. The minimum atomic E-state index is -0.476. The lowest BCUT2D eigenvalue weighted by atomic mass is 9.65. The van der Waals surface area contributed by atoms with E-state index >= 15 is 0 Å². The minimum absolute atomic E-state index is 0.476. The van der Waals surface area contributed by atoms with Gasteiger partial charge in [-0.25, -0.2) is 0 Å². The summed E-state index contributed by atoms with van der Waals surface area (Å²) in [6, 6.07) is 89.4. The normalized spacial score (nSPS) is 14.4. The highest BCUT2D eigenvalue weighted by Crippen LogP contribution is 2.61. The van der Waals surface area contributed by atoms with Gasteiger partial charge in [0.25, 0.3) is 0 Å². The molecule has 1 unspecified atom stereocenters. The van der Waals surface area contributed by atoms with Gasteiger partial charge in [-0.1, -0.05) is 194 Å². The monoisotopic (exact) mass is 800 g/mol. The van der Waals surface area contributed by atoms with Gasteiger partial charge in [0.15, 0.2) is 0 Å². The molecule has 0 saturated carbocycles. The second-order valence-electron chi connectivity index (χ2n) is 16.8. The van der Waals surface area contributed by atoms with Gasteiger partial charge >= 0.3 is 0 Å². The van der Waals surface area contributed by atoms with E-state index in [0.29, 0.717) is 0 Å². The molecule has 2 heteroatoms. The Hall–Kier alpha value is -8.20. The molecule has 1 atom stereocenters. The first-order chi connectivity index (χ1) is 31.3. The highest BCUT2D eigenvalue weighted by atomic mass is 15.1. The molecule has 0 N–H and O–H groups in total. The van der Waals surface area contributed by atoms with Crippen molar-refractivity contribution in [1.29, 1.82) is 0 Å². The number of anilines is 3. The fourth-order valence-electron chi connectivity index (χ4n) is 11.1. The molecule has 1 aliphatic heterocycles. The van der Waals surface area contributed by atoms with Crippen molar-refractivity contribution in [3.05, 3.63) is 265 Å². The molecule has 0 saturated heterocycles. The molecule has 294 valence electrons. The second-order valence-corrected chi connectivity index (χ2v) is 16.8. The maximum absolute atomic E-state index is 2.51. The topological polar surface area (TPSA) is 8.17 Å². The van der Waals surface area contributed by atoms with E-state index < -0.39 is 5.41 Å². The van der Waals surface area contributed by atoms with Crippen LogP contribution in [0.1, 0.15) is 22.3 Å². The Morgan fingerprint density at radius 2 is 0.889 bits per heavy atom. The smallest absolute Gasteiger partial charge is 0.0754 e. The van der Waals surface area contributed by atoms with Gasteiger partial charge in [-0.3, -0.25) is 0 Å². The SMILES string of the molecule is c1ccc(-c2ccccc2-c2ccccc2N(c2ccccc2)c2cccc(-c3ccc4c(c3)-c3ccccc3C43c4ccccc4-n4c5ccccc5c5cccc3c54)c2)cc1. The average Bonchev–Trinajstić information content (AvgIpc) is 3.85. The molecular formula is C61H40N2. The van der Waals surface area contributed by atoms with E-state index in [1.54, 1.807) is 0 Å². The molecule has 2 nitrogen and oxygen atoms in total. The third-order valence-corrected chi connectivity index (χ3v) is 13.6. The first-order valence-corrected chi connectivity index (χ1v) is 21.9. The molecule has 2 aliphatic rings. The van der Waals surface area contributed by atoms with Crippen molar-refractivity contribution < 1.29 is 0 Å². The maximum Gasteiger partial charge on any atom is 0.0754 e. The first kappa shape index (κ1) is 35.5. The van der Waals surface area contributed by atoms with E-state index in [1.165, 1.54) is 94.3 Å². The summed E-state index contributed by atoms with van der Waals surface area (Å²) in [7, 11) is 0. The molecule has 0 bridgehead atoms. The summed E-state index contributed by atoms with van der Waals surface area (Å²) in [5.74, 6) is 0. The Labute approximate surface area is 367 Å². The molecule has 13 rings (SSSR count). The number of para-hydroxylation sites is 5. The molecule has 0 amide bonds. The van der Waals surface area contributed by atoms with Crippen molar-refractivity contribution >= 4 is 38.9 Å². The number of hydrogen-bond acceptors (Lipinski definition) is 1. The number of hydrogen-bond donors (Lipinski definition) is 0. The van der Waals surface area contributed by atoms with Crippen molar-refractivity contribution in [3.63, 3.8) is 0 Å². The highest BCUT2D eigenvalue weighted by molar-refractivity contribution is 6.13. The predicted molar refractivity (Wildman–Crippen MR) is 263 cm³/mol. The van der Waals surface area contributed by atoms with Gasteiger partial charge in [0.2, 0.25) is 0 Å². The van der Waals surface area contributed by atoms with Crippen LogP contribution in [-0.4, -0.2) is 4.57 Å².